The SMILES string of the molecule is CCCCc1c(O)nc2n(c1=O)CCCS2. The molecule has 1 aromatic heterocycles. The fourth-order valence-corrected chi connectivity index (χ4v) is 2.77. The minimum absolute atomic E-state index is 0.0526. The molecule has 0 saturated heterocycles. The maximum atomic E-state index is 12.1. The molecule has 1 aromatic rings. The van der Waals surface area contributed by atoms with Gasteiger partial charge < -0.3 is 5.11 Å². The Balaban J connectivity index is 2.42. The first-order valence-electron chi connectivity index (χ1n) is 5.69. The molecule has 16 heavy (non-hydrogen) atoms. The van der Waals surface area contributed by atoms with E-state index in [0.29, 0.717) is 17.1 Å². The van der Waals surface area contributed by atoms with Crippen molar-refractivity contribution in [1.29, 1.82) is 0 Å². The topological polar surface area (TPSA) is 55.1 Å². The van der Waals surface area contributed by atoms with Gasteiger partial charge in [0.2, 0.25) is 5.88 Å². The summed E-state index contributed by atoms with van der Waals surface area (Å²) in [4.78, 5) is 16.2. The van der Waals surface area contributed by atoms with Crippen LogP contribution in [0.5, 0.6) is 5.88 Å². The van der Waals surface area contributed by atoms with Crippen molar-refractivity contribution in [3.63, 3.8) is 0 Å². The van der Waals surface area contributed by atoms with Gasteiger partial charge in [0.05, 0.1) is 5.56 Å². The van der Waals surface area contributed by atoms with Gasteiger partial charge in [-0.2, -0.15) is 4.98 Å². The highest BCUT2D eigenvalue weighted by molar-refractivity contribution is 7.99. The maximum absolute atomic E-state index is 12.1. The van der Waals surface area contributed by atoms with E-state index in [-0.39, 0.29) is 11.4 Å². The summed E-state index contributed by atoms with van der Waals surface area (Å²) in [6.45, 7) is 2.80. The molecule has 4 nitrogen and oxygen atoms in total. The van der Waals surface area contributed by atoms with Crippen LogP contribution in [-0.2, 0) is 13.0 Å². The predicted molar refractivity (Wildman–Crippen MR) is 64.1 cm³/mol. The van der Waals surface area contributed by atoms with Crippen LogP contribution in [0.25, 0.3) is 0 Å². The Kier molecular flexibility index (Phi) is 3.53. The van der Waals surface area contributed by atoms with E-state index in [9.17, 15) is 9.90 Å². The zero-order chi connectivity index (χ0) is 11.5. The van der Waals surface area contributed by atoms with E-state index >= 15 is 0 Å². The van der Waals surface area contributed by atoms with Gasteiger partial charge in [-0.05, 0) is 19.3 Å². The molecule has 0 saturated carbocycles. The van der Waals surface area contributed by atoms with Crippen LogP contribution < -0.4 is 5.56 Å². The highest BCUT2D eigenvalue weighted by atomic mass is 32.2. The van der Waals surface area contributed by atoms with Crippen molar-refractivity contribution >= 4 is 11.8 Å². The van der Waals surface area contributed by atoms with Gasteiger partial charge in [-0.25, -0.2) is 0 Å². The molecule has 0 atom stereocenters. The Morgan fingerprint density at radius 2 is 2.38 bits per heavy atom. The van der Waals surface area contributed by atoms with Crippen molar-refractivity contribution in [1.82, 2.24) is 9.55 Å². The first-order valence-corrected chi connectivity index (χ1v) is 6.68. The van der Waals surface area contributed by atoms with Gasteiger partial charge in [0, 0.05) is 12.3 Å². The van der Waals surface area contributed by atoms with E-state index in [0.717, 1.165) is 31.6 Å². The summed E-state index contributed by atoms with van der Waals surface area (Å²) in [6, 6.07) is 0. The zero-order valence-corrected chi connectivity index (χ0v) is 10.2. The first kappa shape index (κ1) is 11.5. The number of rotatable bonds is 3. The van der Waals surface area contributed by atoms with Crippen molar-refractivity contribution in [3.8, 4) is 5.88 Å². The summed E-state index contributed by atoms with van der Waals surface area (Å²) in [5.74, 6) is 0.902. The number of nitrogens with zero attached hydrogens (tertiary/aromatic N) is 2. The van der Waals surface area contributed by atoms with Gasteiger partial charge >= 0.3 is 0 Å². The standard InChI is InChI=1S/C11H16N2O2S/c1-2-3-5-8-9(14)12-11-13(10(8)15)6-4-7-16-11/h14H,2-7H2,1H3. The summed E-state index contributed by atoms with van der Waals surface area (Å²) in [5, 5.41) is 10.4. The first-order chi connectivity index (χ1) is 7.74. The smallest absolute Gasteiger partial charge is 0.261 e. The van der Waals surface area contributed by atoms with Crippen LogP contribution in [0.4, 0.5) is 0 Å². The number of hydrogen-bond acceptors (Lipinski definition) is 4. The van der Waals surface area contributed by atoms with Crippen molar-refractivity contribution in [2.24, 2.45) is 0 Å². The van der Waals surface area contributed by atoms with E-state index in [1.54, 1.807) is 16.3 Å². The van der Waals surface area contributed by atoms with Gasteiger partial charge in [-0.1, -0.05) is 25.1 Å². The molecule has 0 radical (unpaired) electrons. The summed E-state index contributed by atoms with van der Waals surface area (Å²) in [6.07, 6.45) is 3.54. The lowest BCUT2D eigenvalue weighted by molar-refractivity contribution is 0.418. The summed E-state index contributed by atoms with van der Waals surface area (Å²) < 4.78 is 1.69. The lowest BCUT2D eigenvalue weighted by atomic mass is 10.1. The van der Waals surface area contributed by atoms with Gasteiger partial charge in [-0.15, -0.1) is 0 Å². The minimum Gasteiger partial charge on any atom is -0.493 e. The van der Waals surface area contributed by atoms with E-state index in [1.807, 2.05) is 0 Å². The third-order valence-electron chi connectivity index (χ3n) is 2.74. The normalized spacial score (nSPS) is 14.8. The molecule has 1 aliphatic rings. The fraction of sp³-hybridized carbons (Fsp3) is 0.636. The fourth-order valence-electron chi connectivity index (χ4n) is 1.83. The van der Waals surface area contributed by atoms with Gasteiger partial charge in [0.25, 0.3) is 5.56 Å². The molecular weight excluding hydrogens is 224 g/mol. The number of hydrogen-bond donors (Lipinski definition) is 1. The molecule has 1 N–H and O–H groups in total. The molecule has 2 rings (SSSR count). The average molecular weight is 240 g/mol. The van der Waals surface area contributed by atoms with Crippen LogP contribution in [-0.4, -0.2) is 20.4 Å². The Hall–Kier alpha value is -0.970. The summed E-state index contributed by atoms with van der Waals surface area (Å²) >= 11 is 1.54. The van der Waals surface area contributed by atoms with E-state index in [2.05, 4.69) is 11.9 Å². The summed E-state index contributed by atoms with van der Waals surface area (Å²) in [7, 11) is 0. The molecule has 0 aromatic carbocycles. The van der Waals surface area contributed by atoms with Crippen molar-refractivity contribution in [2.45, 2.75) is 44.3 Å². The molecule has 5 heteroatoms. The molecule has 0 amide bonds. The Bertz CT molecular complexity index is 442. The molecule has 1 aliphatic heterocycles. The Labute approximate surface area is 98.7 Å². The number of unbranched alkanes of at least 4 members (excludes halogenated alkanes) is 1. The highest BCUT2D eigenvalue weighted by Gasteiger charge is 2.18. The van der Waals surface area contributed by atoms with Gasteiger partial charge in [0.15, 0.2) is 5.16 Å². The number of aromatic nitrogens is 2. The van der Waals surface area contributed by atoms with Gasteiger partial charge in [-0.3, -0.25) is 9.36 Å². The van der Waals surface area contributed by atoms with Crippen LogP contribution in [0.1, 0.15) is 31.7 Å². The molecule has 2 heterocycles. The van der Waals surface area contributed by atoms with Crippen molar-refractivity contribution < 1.29 is 5.11 Å². The average Bonchev–Trinajstić information content (AvgIpc) is 2.29. The second kappa shape index (κ2) is 4.91. The van der Waals surface area contributed by atoms with E-state index in [1.165, 1.54) is 0 Å². The monoisotopic (exact) mass is 240 g/mol. The third kappa shape index (κ3) is 2.09. The predicted octanol–water partition coefficient (Wildman–Crippen LogP) is 1.79. The molecule has 0 unspecified atom stereocenters. The lowest BCUT2D eigenvalue weighted by Crippen LogP contribution is -2.28. The van der Waals surface area contributed by atoms with Crippen molar-refractivity contribution in [2.75, 3.05) is 5.75 Å². The molecule has 0 bridgehead atoms. The van der Waals surface area contributed by atoms with Crippen LogP contribution in [0.15, 0.2) is 9.95 Å². The van der Waals surface area contributed by atoms with Crippen molar-refractivity contribution in [3.05, 3.63) is 15.9 Å². The highest BCUT2D eigenvalue weighted by Crippen LogP contribution is 2.24. The Morgan fingerprint density at radius 3 is 3.12 bits per heavy atom. The van der Waals surface area contributed by atoms with E-state index < -0.39 is 0 Å². The molecule has 0 fully saturated rings. The number of aromatic hydroxyl groups is 1. The quantitative estimate of drug-likeness (QED) is 0.818. The minimum atomic E-state index is -0.0703. The molecule has 0 aliphatic carbocycles. The molecular formula is C11H16N2O2S. The maximum Gasteiger partial charge on any atom is 0.261 e. The van der Waals surface area contributed by atoms with Crippen LogP contribution in [0.3, 0.4) is 0 Å². The molecule has 88 valence electrons. The second-order valence-corrected chi connectivity index (χ2v) is 5.02. The number of thioether (sulfide) groups is 1. The van der Waals surface area contributed by atoms with Crippen LogP contribution in [0.2, 0.25) is 0 Å². The third-order valence-corrected chi connectivity index (χ3v) is 3.81. The van der Waals surface area contributed by atoms with Crippen LogP contribution >= 0.6 is 11.8 Å². The lowest BCUT2D eigenvalue weighted by Gasteiger charge is -2.17. The van der Waals surface area contributed by atoms with Gasteiger partial charge in [0.1, 0.15) is 0 Å². The zero-order valence-electron chi connectivity index (χ0n) is 9.40. The second-order valence-electron chi connectivity index (χ2n) is 3.96. The van der Waals surface area contributed by atoms with E-state index in [4.69, 9.17) is 0 Å². The summed E-state index contributed by atoms with van der Waals surface area (Å²) in [5.41, 5.74) is 0.427. The Morgan fingerprint density at radius 1 is 1.56 bits per heavy atom. The molecule has 0 spiro atoms. The largest absolute Gasteiger partial charge is 0.493 e. The number of fused-ring (bicyclic) bond motifs is 1. The van der Waals surface area contributed by atoms with Crippen LogP contribution in [0, 0.1) is 0 Å².